The molecule has 0 fully saturated rings. The van der Waals surface area contributed by atoms with Crippen LogP contribution in [0.5, 0.6) is 0 Å². The average Bonchev–Trinajstić information content (AvgIpc) is 2.58. The maximum absolute atomic E-state index is 12.9. The number of halogens is 3. The molecule has 7 heteroatoms. The molecule has 0 aliphatic heterocycles. The molecular formula is C10H17F3N4. The lowest BCUT2D eigenvalue weighted by atomic mass is 10.1. The Hall–Kier alpha value is -1.11. The summed E-state index contributed by atoms with van der Waals surface area (Å²) >= 11 is 0. The van der Waals surface area contributed by atoms with Crippen molar-refractivity contribution in [1.29, 1.82) is 0 Å². The van der Waals surface area contributed by atoms with Crippen LogP contribution in [0, 0.1) is 5.92 Å². The highest BCUT2D eigenvalue weighted by Crippen LogP contribution is 2.31. The molecule has 17 heavy (non-hydrogen) atoms. The fraction of sp³-hybridized carbons (Fsp3) is 0.800. The van der Waals surface area contributed by atoms with Gasteiger partial charge in [0, 0.05) is 13.1 Å². The first-order valence-electron chi connectivity index (χ1n) is 5.50. The maximum atomic E-state index is 12.9. The van der Waals surface area contributed by atoms with E-state index in [1.165, 1.54) is 0 Å². The maximum Gasteiger partial charge on any atom is 0.434 e. The first-order chi connectivity index (χ1) is 7.86. The van der Waals surface area contributed by atoms with Gasteiger partial charge in [0.1, 0.15) is 5.69 Å². The molecule has 0 aliphatic rings. The highest BCUT2D eigenvalue weighted by Gasteiger charge is 2.38. The van der Waals surface area contributed by atoms with Gasteiger partial charge in [-0.25, -0.2) is 4.68 Å². The van der Waals surface area contributed by atoms with Crippen LogP contribution in [0.2, 0.25) is 0 Å². The lowest BCUT2D eigenvalue weighted by Crippen LogP contribution is -2.19. The predicted molar refractivity (Wildman–Crippen MR) is 57.2 cm³/mol. The molecule has 0 spiro atoms. The molecular weight excluding hydrogens is 233 g/mol. The van der Waals surface area contributed by atoms with Crippen molar-refractivity contribution in [3.05, 3.63) is 11.4 Å². The number of alkyl halides is 3. The average molecular weight is 250 g/mol. The zero-order valence-electron chi connectivity index (χ0n) is 10.2. The zero-order chi connectivity index (χ0) is 13.1. The van der Waals surface area contributed by atoms with E-state index >= 15 is 0 Å². The van der Waals surface area contributed by atoms with Crippen LogP contribution in [-0.2, 0) is 19.3 Å². The third-order valence-corrected chi connectivity index (χ3v) is 2.34. The molecule has 0 unspecified atom stereocenters. The number of nitrogens with one attached hydrogen (secondary N) is 1. The van der Waals surface area contributed by atoms with Gasteiger partial charge >= 0.3 is 6.18 Å². The normalized spacial score (nSPS) is 12.4. The first kappa shape index (κ1) is 14.0. The standard InChI is InChI=1S/C10H17F3N4/c1-7(2)4-5-17-9(10(11,12)13)8(6-14-3)15-16-17/h7,14H,4-6H2,1-3H3. The molecule has 0 atom stereocenters. The Morgan fingerprint density at radius 2 is 2.00 bits per heavy atom. The SMILES string of the molecule is CNCc1nnn(CCC(C)C)c1C(F)(F)F. The van der Waals surface area contributed by atoms with Crippen molar-refractivity contribution >= 4 is 0 Å². The summed E-state index contributed by atoms with van der Waals surface area (Å²) in [6, 6.07) is 0. The minimum Gasteiger partial charge on any atom is -0.314 e. The van der Waals surface area contributed by atoms with Gasteiger partial charge in [0.05, 0.1) is 0 Å². The third-order valence-electron chi connectivity index (χ3n) is 2.34. The molecule has 1 aromatic heterocycles. The van der Waals surface area contributed by atoms with Crippen LogP contribution in [0.15, 0.2) is 0 Å². The Kier molecular flexibility index (Phi) is 4.50. The molecule has 98 valence electrons. The Balaban J connectivity index is 2.97. The lowest BCUT2D eigenvalue weighted by molar-refractivity contribution is -0.145. The monoisotopic (exact) mass is 250 g/mol. The highest BCUT2D eigenvalue weighted by atomic mass is 19.4. The van der Waals surface area contributed by atoms with E-state index in [1.54, 1.807) is 7.05 Å². The number of nitrogens with zero attached hydrogens (tertiary/aromatic N) is 3. The quantitative estimate of drug-likeness (QED) is 0.869. The molecule has 1 N–H and O–H groups in total. The van der Waals surface area contributed by atoms with Crippen LogP contribution in [0.1, 0.15) is 31.7 Å². The van der Waals surface area contributed by atoms with Gasteiger partial charge in [0.25, 0.3) is 0 Å². The Labute approximate surface area is 98.2 Å². The summed E-state index contributed by atoms with van der Waals surface area (Å²) < 4.78 is 39.5. The van der Waals surface area contributed by atoms with Gasteiger partial charge in [-0.3, -0.25) is 0 Å². The fourth-order valence-corrected chi connectivity index (χ4v) is 1.48. The van der Waals surface area contributed by atoms with Crippen molar-refractivity contribution < 1.29 is 13.2 Å². The molecule has 4 nitrogen and oxygen atoms in total. The van der Waals surface area contributed by atoms with Gasteiger partial charge in [-0.15, -0.1) is 5.10 Å². The molecule has 1 rings (SSSR count). The largest absolute Gasteiger partial charge is 0.434 e. The zero-order valence-corrected chi connectivity index (χ0v) is 10.2. The van der Waals surface area contributed by atoms with E-state index in [4.69, 9.17) is 0 Å². The molecule has 0 bridgehead atoms. The van der Waals surface area contributed by atoms with E-state index in [1.807, 2.05) is 13.8 Å². The molecule has 0 aromatic carbocycles. The van der Waals surface area contributed by atoms with E-state index in [2.05, 4.69) is 15.6 Å². The molecule has 0 amide bonds. The van der Waals surface area contributed by atoms with Gasteiger partial charge in [-0.05, 0) is 19.4 Å². The molecule has 0 aliphatic carbocycles. The summed E-state index contributed by atoms with van der Waals surface area (Å²) in [5.41, 5.74) is -0.795. The van der Waals surface area contributed by atoms with Crippen LogP contribution in [0.4, 0.5) is 13.2 Å². The van der Waals surface area contributed by atoms with Gasteiger partial charge in [0.15, 0.2) is 5.69 Å². The summed E-state index contributed by atoms with van der Waals surface area (Å²) in [7, 11) is 1.58. The Morgan fingerprint density at radius 3 is 2.47 bits per heavy atom. The molecule has 0 saturated carbocycles. The number of hydrogen-bond donors (Lipinski definition) is 1. The Morgan fingerprint density at radius 1 is 1.35 bits per heavy atom. The third kappa shape index (κ3) is 3.69. The van der Waals surface area contributed by atoms with Gasteiger partial charge in [-0.2, -0.15) is 13.2 Å². The van der Waals surface area contributed by atoms with E-state index in [9.17, 15) is 13.2 Å². The lowest BCUT2D eigenvalue weighted by Gasteiger charge is -2.12. The fourth-order valence-electron chi connectivity index (χ4n) is 1.48. The number of rotatable bonds is 5. The van der Waals surface area contributed by atoms with Crippen LogP contribution >= 0.6 is 0 Å². The second-order valence-corrected chi connectivity index (χ2v) is 4.32. The second kappa shape index (κ2) is 5.48. The second-order valence-electron chi connectivity index (χ2n) is 4.32. The summed E-state index contributed by atoms with van der Waals surface area (Å²) in [4.78, 5) is 0. The van der Waals surface area contributed by atoms with E-state index in [-0.39, 0.29) is 18.8 Å². The van der Waals surface area contributed by atoms with Crippen molar-refractivity contribution in [2.75, 3.05) is 7.05 Å². The highest BCUT2D eigenvalue weighted by molar-refractivity contribution is 5.13. The van der Waals surface area contributed by atoms with Crippen molar-refractivity contribution in [2.45, 2.75) is 39.5 Å². The van der Waals surface area contributed by atoms with Gasteiger partial charge in [0.2, 0.25) is 0 Å². The summed E-state index contributed by atoms with van der Waals surface area (Å²) in [5, 5.41) is 9.82. The van der Waals surface area contributed by atoms with E-state index < -0.39 is 11.9 Å². The molecule has 0 saturated heterocycles. The van der Waals surface area contributed by atoms with Gasteiger partial charge < -0.3 is 5.32 Å². The predicted octanol–water partition coefficient (Wildman–Crippen LogP) is 2.06. The van der Waals surface area contributed by atoms with E-state index in [0.29, 0.717) is 12.3 Å². The van der Waals surface area contributed by atoms with Crippen molar-refractivity contribution in [1.82, 2.24) is 20.3 Å². The van der Waals surface area contributed by atoms with Crippen molar-refractivity contribution in [3.8, 4) is 0 Å². The van der Waals surface area contributed by atoms with Crippen molar-refractivity contribution in [3.63, 3.8) is 0 Å². The van der Waals surface area contributed by atoms with Crippen LogP contribution in [0.3, 0.4) is 0 Å². The number of hydrogen-bond acceptors (Lipinski definition) is 3. The van der Waals surface area contributed by atoms with Crippen LogP contribution in [0.25, 0.3) is 0 Å². The van der Waals surface area contributed by atoms with E-state index in [0.717, 1.165) is 4.68 Å². The number of aromatic nitrogens is 3. The summed E-state index contributed by atoms with van der Waals surface area (Å²) in [5.74, 6) is 0.327. The number of aryl methyl sites for hydroxylation is 1. The molecule has 1 aromatic rings. The van der Waals surface area contributed by atoms with Crippen LogP contribution < -0.4 is 5.32 Å². The topological polar surface area (TPSA) is 42.7 Å². The van der Waals surface area contributed by atoms with Crippen LogP contribution in [-0.4, -0.2) is 22.0 Å². The molecule has 0 radical (unpaired) electrons. The minimum atomic E-state index is -4.41. The summed E-state index contributed by atoms with van der Waals surface area (Å²) in [6.45, 7) is 4.22. The smallest absolute Gasteiger partial charge is 0.314 e. The summed E-state index contributed by atoms with van der Waals surface area (Å²) in [6.07, 6.45) is -3.77. The Bertz CT molecular complexity index is 357. The van der Waals surface area contributed by atoms with Crippen molar-refractivity contribution in [2.24, 2.45) is 5.92 Å². The minimum absolute atomic E-state index is 0.0521. The molecule has 1 heterocycles. The van der Waals surface area contributed by atoms with Gasteiger partial charge in [-0.1, -0.05) is 19.1 Å². The first-order valence-corrected chi connectivity index (χ1v) is 5.50.